The predicted octanol–water partition coefficient (Wildman–Crippen LogP) is 2.38. The molecule has 4 heteroatoms. The van der Waals surface area contributed by atoms with Gasteiger partial charge >= 0.3 is 6.16 Å². The van der Waals surface area contributed by atoms with Crippen LogP contribution in [-0.2, 0) is 4.74 Å². The molecule has 0 unspecified atom stereocenters. The largest absolute Gasteiger partial charge is 0.513 e. The molecular formula is C11H9NO3. The van der Waals surface area contributed by atoms with Gasteiger partial charge in [0.25, 0.3) is 0 Å². The minimum atomic E-state index is -0.730. The Morgan fingerprint density at radius 1 is 1.27 bits per heavy atom. The van der Waals surface area contributed by atoms with Crippen molar-refractivity contribution >= 4 is 17.1 Å². The van der Waals surface area contributed by atoms with E-state index in [2.05, 4.69) is 9.72 Å². The number of methoxy groups -OCH3 is 1. The molecule has 1 aromatic carbocycles. The molecule has 1 aromatic heterocycles. The fraction of sp³-hybridized carbons (Fsp3) is 0.0909. The molecule has 15 heavy (non-hydrogen) atoms. The molecule has 0 bridgehead atoms. The number of hydrogen-bond donors (Lipinski definition) is 0. The second-order valence-corrected chi connectivity index (χ2v) is 2.88. The summed E-state index contributed by atoms with van der Waals surface area (Å²) in [6, 6.07) is 9.03. The lowest BCUT2D eigenvalue weighted by Crippen LogP contribution is -2.07. The first-order valence-corrected chi connectivity index (χ1v) is 4.41. The van der Waals surface area contributed by atoms with Crippen LogP contribution in [0, 0.1) is 0 Å². The van der Waals surface area contributed by atoms with E-state index in [1.165, 1.54) is 7.11 Å². The van der Waals surface area contributed by atoms with Crippen LogP contribution in [0.1, 0.15) is 0 Å². The van der Waals surface area contributed by atoms with Crippen LogP contribution in [0.15, 0.2) is 36.5 Å². The molecule has 0 fully saturated rings. The van der Waals surface area contributed by atoms with E-state index in [1.54, 1.807) is 12.3 Å². The number of rotatable bonds is 1. The molecule has 0 radical (unpaired) electrons. The van der Waals surface area contributed by atoms with Gasteiger partial charge in [0.1, 0.15) is 5.75 Å². The summed E-state index contributed by atoms with van der Waals surface area (Å²) in [6.45, 7) is 0. The van der Waals surface area contributed by atoms with Gasteiger partial charge in [0.15, 0.2) is 0 Å². The minimum Gasteiger partial charge on any atom is -0.437 e. The van der Waals surface area contributed by atoms with Gasteiger partial charge in [-0.15, -0.1) is 0 Å². The van der Waals surface area contributed by atoms with Gasteiger partial charge in [-0.1, -0.05) is 12.1 Å². The Labute approximate surface area is 86.5 Å². The van der Waals surface area contributed by atoms with Gasteiger partial charge in [0, 0.05) is 17.6 Å². The number of benzene rings is 1. The number of nitrogens with zero attached hydrogens (tertiary/aromatic N) is 1. The summed E-state index contributed by atoms with van der Waals surface area (Å²) in [4.78, 5) is 15.1. The van der Waals surface area contributed by atoms with Crippen LogP contribution >= 0.6 is 0 Å². The first-order valence-electron chi connectivity index (χ1n) is 4.41. The summed E-state index contributed by atoms with van der Waals surface area (Å²) in [5.41, 5.74) is 0.777. The third-order valence-corrected chi connectivity index (χ3v) is 1.97. The molecule has 1 heterocycles. The normalized spacial score (nSPS) is 9.93. The molecule has 0 saturated heterocycles. The highest BCUT2D eigenvalue weighted by Crippen LogP contribution is 2.23. The first-order chi connectivity index (χ1) is 7.31. The van der Waals surface area contributed by atoms with Crippen molar-refractivity contribution in [3.05, 3.63) is 36.5 Å². The lowest BCUT2D eigenvalue weighted by Gasteiger charge is -2.05. The molecule has 2 rings (SSSR count). The Bertz CT molecular complexity index is 491. The molecule has 0 aliphatic carbocycles. The van der Waals surface area contributed by atoms with Crippen LogP contribution < -0.4 is 4.74 Å². The Morgan fingerprint density at radius 2 is 2.07 bits per heavy atom. The van der Waals surface area contributed by atoms with Gasteiger partial charge in [-0.3, -0.25) is 4.98 Å². The van der Waals surface area contributed by atoms with Crippen LogP contribution in [0.4, 0.5) is 4.79 Å². The first kappa shape index (κ1) is 9.45. The number of hydrogen-bond acceptors (Lipinski definition) is 4. The van der Waals surface area contributed by atoms with Crippen molar-refractivity contribution in [3.8, 4) is 5.75 Å². The van der Waals surface area contributed by atoms with Gasteiger partial charge in [-0.05, 0) is 12.1 Å². The van der Waals surface area contributed by atoms with E-state index in [0.29, 0.717) is 5.75 Å². The molecule has 0 spiro atoms. The summed E-state index contributed by atoms with van der Waals surface area (Å²) >= 11 is 0. The molecule has 0 aliphatic heterocycles. The Balaban J connectivity index is 2.46. The summed E-state index contributed by atoms with van der Waals surface area (Å²) in [6.07, 6.45) is 0.854. The van der Waals surface area contributed by atoms with E-state index in [1.807, 2.05) is 24.3 Å². The summed E-state index contributed by atoms with van der Waals surface area (Å²) in [5, 5.41) is 0.783. The van der Waals surface area contributed by atoms with Gasteiger partial charge < -0.3 is 9.47 Å². The fourth-order valence-corrected chi connectivity index (χ4v) is 1.29. The number of aromatic nitrogens is 1. The third-order valence-electron chi connectivity index (χ3n) is 1.97. The molecular weight excluding hydrogens is 194 g/mol. The number of ether oxygens (including phenoxy) is 2. The van der Waals surface area contributed by atoms with Gasteiger partial charge in [0.2, 0.25) is 0 Å². The number of carbonyl (C=O) groups excluding carboxylic acids is 1. The van der Waals surface area contributed by atoms with Crippen molar-refractivity contribution in [1.82, 2.24) is 4.98 Å². The lowest BCUT2D eigenvalue weighted by atomic mass is 10.2. The fourth-order valence-electron chi connectivity index (χ4n) is 1.29. The second kappa shape index (κ2) is 3.96. The van der Waals surface area contributed by atoms with E-state index in [9.17, 15) is 4.79 Å². The molecule has 0 amide bonds. The monoisotopic (exact) mass is 203 g/mol. The summed E-state index contributed by atoms with van der Waals surface area (Å²) < 4.78 is 9.40. The molecule has 0 N–H and O–H groups in total. The highest BCUT2D eigenvalue weighted by molar-refractivity contribution is 5.86. The average Bonchev–Trinajstić information content (AvgIpc) is 2.29. The van der Waals surface area contributed by atoms with E-state index < -0.39 is 6.16 Å². The Morgan fingerprint density at radius 3 is 2.87 bits per heavy atom. The molecule has 2 aromatic rings. The average molecular weight is 203 g/mol. The minimum absolute atomic E-state index is 0.451. The summed E-state index contributed by atoms with van der Waals surface area (Å²) in [5.74, 6) is 0.451. The maximum absolute atomic E-state index is 11.0. The smallest absolute Gasteiger partial charge is 0.437 e. The van der Waals surface area contributed by atoms with Gasteiger partial charge in [0.05, 0.1) is 12.6 Å². The Hall–Kier alpha value is -2.10. The quantitative estimate of drug-likeness (QED) is 0.667. The predicted molar refractivity (Wildman–Crippen MR) is 54.8 cm³/mol. The number of pyridine rings is 1. The maximum atomic E-state index is 11.0. The topological polar surface area (TPSA) is 48.4 Å². The van der Waals surface area contributed by atoms with E-state index in [0.717, 1.165) is 10.9 Å². The highest BCUT2D eigenvalue weighted by Gasteiger charge is 2.07. The van der Waals surface area contributed by atoms with Crippen LogP contribution in [0.5, 0.6) is 5.75 Å². The Kier molecular flexibility index (Phi) is 2.49. The number of fused-ring (bicyclic) bond motifs is 1. The van der Waals surface area contributed by atoms with E-state index in [-0.39, 0.29) is 0 Å². The van der Waals surface area contributed by atoms with Crippen molar-refractivity contribution in [2.24, 2.45) is 0 Å². The zero-order valence-electron chi connectivity index (χ0n) is 8.14. The number of carbonyl (C=O) groups is 1. The van der Waals surface area contributed by atoms with Crippen LogP contribution in [0.25, 0.3) is 10.9 Å². The van der Waals surface area contributed by atoms with Crippen LogP contribution in [-0.4, -0.2) is 18.2 Å². The van der Waals surface area contributed by atoms with Crippen molar-refractivity contribution < 1.29 is 14.3 Å². The second-order valence-electron chi connectivity index (χ2n) is 2.88. The van der Waals surface area contributed by atoms with Crippen LogP contribution in [0.2, 0.25) is 0 Å². The molecule has 4 nitrogen and oxygen atoms in total. The molecule has 0 saturated carbocycles. The standard InChI is InChI=1S/C11H9NO3/c1-14-11(13)15-10-6-7-12-9-5-3-2-4-8(9)10/h2-7H,1H3. The molecule has 76 valence electrons. The van der Waals surface area contributed by atoms with Crippen molar-refractivity contribution in [3.63, 3.8) is 0 Å². The molecule has 0 atom stereocenters. The number of para-hydroxylation sites is 1. The highest BCUT2D eigenvalue weighted by atomic mass is 16.7. The molecule has 0 aliphatic rings. The SMILES string of the molecule is COC(=O)Oc1ccnc2ccccc12. The summed E-state index contributed by atoms with van der Waals surface area (Å²) in [7, 11) is 1.27. The van der Waals surface area contributed by atoms with E-state index in [4.69, 9.17) is 4.74 Å². The van der Waals surface area contributed by atoms with E-state index >= 15 is 0 Å². The van der Waals surface area contributed by atoms with Crippen molar-refractivity contribution in [2.75, 3.05) is 7.11 Å². The zero-order valence-corrected chi connectivity index (χ0v) is 8.14. The zero-order chi connectivity index (χ0) is 10.7. The van der Waals surface area contributed by atoms with Crippen LogP contribution in [0.3, 0.4) is 0 Å². The maximum Gasteiger partial charge on any atom is 0.513 e. The van der Waals surface area contributed by atoms with Crippen molar-refractivity contribution in [2.45, 2.75) is 0 Å². The third kappa shape index (κ3) is 1.88. The van der Waals surface area contributed by atoms with Gasteiger partial charge in [-0.2, -0.15) is 0 Å². The van der Waals surface area contributed by atoms with Gasteiger partial charge in [-0.25, -0.2) is 4.79 Å². The lowest BCUT2D eigenvalue weighted by molar-refractivity contribution is 0.122. The van der Waals surface area contributed by atoms with Crippen molar-refractivity contribution in [1.29, 1.82) is 0 Å².